The third-order valence-electron chi connectivity index (χ3n) is 3.86. The number of para-hydroxylation sites is 1. The number of nitrogens with one attached hydrogen (secondary N) is 3. The van der Waals surface area contributed by atoms with Gasteiger partial charge in [0.15, 0.2) is 0 Å². The van der Waals surface area contributed by atoms with E-state index in [9.17, 15) is 9.18 Å². The smallest absolute Gasteiger partial charge is 0.255 e. The van der Waals surface area contributed by atoms with Crippen LogP contribution in [0.25, 0.3) is 11.3 Å². The number of amides is 1. The van der Waals surface area contributed by atoms with E-state index in [0.29, 0.717) is 5.56 Å². The van der Waals surface area contributed by atoms with Gasteiger partial charge in [-0.2, -0.15) is 5.10 Å². The van der Waals surface area contributed by atoms with Gasteiger partial charge in [0.2, 0.25) is 0 Å². The van der Waals surface area contributed by atoms with Crippen molar-refractivity contribution >= 4 is 11.6 Å². The summed E-state index contributed by atoms with van der Waals surface area (Å²) in [6.45, 7) is 0. The fourth-order valence-electron chi connectivity index (χ4n) is 2.73. The number of H-pyrrole nitrogens is 1. The molecule has 0 bridgehead atoms. The zero-order chi connectivity index (χ0) is 15.8. The monoisotopic (exact) mass is 308 g/mol. The number of rotatable bonds is 2. The van der Waals surface area contributed by atoms with Gasteiger partial charge in [-0.25, -0.2) is 4.39 Å². The predicted octanol–water partition coefficient (Wildman–Crippen LogP) is 3.07. The van der Waals surface area contributed by atoms with Gasteiger partial charge in [-0.1, -0.05) is 12.1 Å². The fraction of sp³-hybridized carbons (Fsp3) is 0.0588. The second-order valence-electron chi connectivity index (χ2n) is 5.30. The number of anilines is 1. The van der Waals surface area contributed by atoms with Crippen molar-refractivity contribution in [3.8, 4) is 11.3 Å². The van der Waals surface area contributed by atoms with Crippen molar-refractivity contribution in [1.29, 1.82) is 0 Å². The molecule has 2 aromatic carbocycles. The molecule has 3 N–H and O–H groups in total. The molecule has 1 aliphatic rings. The van der Waals surface area contributed by atoms with Crippen molar-refractivity contribution in [1.82, 2.24) is 15.5 Å². The molecule has 1 atom stereocenters. The molecule has 1 amide bonds. The molecule has 2 heterocycles. The van der Waals surface area contributed by atoms with Crippen LogP contribution < -0.4 is 10.6 Å². The van der Waals surface area contributed by atoms with Crippen LogP contribution in [0.1, 0.15) is 22.1 Å². The van der Waals surface area contributed by atoms with Crippen LogP contribution in [-0.4, -0.2) is 16.1 Å². The Hall–Kier alpha value is -3.15. The van der Waals surface area contributed by atoms with E-state index in [1.54, 1.807) is 24.4 Å². The average Bonchev–Trinajstić information content (AvgIpc) is 3.05. The number of aromatic nitrogens is 2. The van der Waals surface area contributed by atoms with Gasteiger partial charge in [-0.3, -0.25) is 9.89 Å². The molecular weight excluding hydrogens is 295 g/mol. The molecule has 114 valence electrons. The summed E-state index contributed by atoms with van der Waals surface area (Å²) in [6.07, 6.45) is 1.25. The Morgan fingerprint density at radius 2 is 1.78 bits per heavy atom. The molecule has 0 aliphatic carbocycles. The molecule has 0 saturated heterocycles. The molecule has 3 aromatic rings. The number of carbonyl (C=O) groups excluding carboxylic acids is 1. The van der Waals surface area contributed by atoms with E-state index in [-0.39, 0.29) is 11.7 Å². The van der Waals surface area contributed by atoms with Gasteiger partial charge in [0.05, 0.1) is 17.5 Å². The van der Waals surface area contributed by atoms with Gasteiger partial charge in [-0.05, 0) is 36.4 Å². The van der Waals surface area contributed by atoms with Gasteiger partial charge in [0.1, 0.15) is 12.0 Å². The van der Waals surface area contributed by atoms with Gasteiger partial charge in [0, 0.05) is 16.8 Å². The quantitative estimate of drug-likeness (QED) is 0.681. The molecule has 0 saturated carbocycles. The number of aromatic amines is 1. The molecule has 0 fully saturated rings. The number of nitrogens with zero attached hydrogens (tertiary/aromatic N) is 1. The highest BCUT2D eigenvalue weighted by molar-refractivity contribution is 6.01. The number of benzene rings is 2. The van der Waals surface area contributed by atoms with Gasteiger partial charge >= 0.3 is 0 Å². The number of hydrogen-bond acceptors (Lipinski definition) is 3. The van der Waals surface area contributed by atoms with Crippen molar-refractivity contribution in [2.75, 3.05) is 5.32 Å². The predicted molar refractivity (Wildman–Crippen MR) is 84.3 cm³/mol. The molecule has 5 nitrogen and oxygen atoms in total. The zero-order valence-corrected chi connectivity index (χ0v) is 12.0. The molecule has 0 unspecified atom stereocenters. The first-order valence-electron chi connectivity index (χ1n) is 7.18. The minimum absolute atomic E-state index is 0.143. The van der Waals surface area contributed by atoms with Crippen LogP contribution in [0.4, 0.5) is 10.1 Å². The summed E-state index contributed by atoms with van der Waals surface area (Å²) in [7, 11) is 0. The lowest BCUT2D eigenvalue weighted by Crippen LogP contribution is -2.38. The van der Waals surface area contributed by atoms with E-state index in [4.69, 9.17) is 0 Å². The molecule has 1 aromatic heterocycles. The first-order chi connectivity index (χ1) is 11.2. The summed E-state index contributed by atoms with van der Waals surface area (Å²) in [6, 6.07) is 13.4. The summed E-state index contributed by atoms with van der Waals surface area (Å²) < 4.78 is 13.1. The SMILES string of the molecule is O=C1N[C@H](c2cn[nH]c2-c2ccc(F)cc2)Nc2ccccc21. The standard InChI is InChI=1S/C17H13FN4O/c18-11-7-5-10(6-8-11)15-13(9-19-22-15)16-20-14-4-2-1-3-12(14)17(23)21-16/h1-9,16,20H,(H,19,22)(H,21,23)/t16-/m1/s1. The third-order valence-corrected chi connectivity index (χ3v) is 3.86. The number of halogens is 1. The Balaban J connectivity index is 1.72. The average molecular weight is 308 g/mol. The van der Waals surface area contributed by atoms with Crippen LogP contribution in [0.15, 0.2) is 54.7 Å². The lowest BCUT2D eigenvalue weighted by Gasteiger charge is -2.27. The highest BCUT2D eigenvalue weighted by Gasteiger charge is 2.27. The Labute approximate surface area is 131 Å². The fourth-order valence-corrected chi connectivity index (χ4v) is 2.73. The number of hydrogen-bond donors (Lipinski definition) is 3. The maximum absolute atomic E-state index is 13.1. The van der Waals surface area contributed by atoms with Crippen LogP contribution in [-0.2, 0) is 0 Å². The first-order valence-corrected chi connectivity index (χ1v) is 7.18. The second kappa shape index (κ2) is 5.24. The normalized spacial score (nSPS) is 16.4. The Kier molecular flexibility index (Phi) is 3.08. The van der Waals surface area contributed by atoms with E-state index < -0.39 is 6.17 Å². The summed E-state index contributed by atoms with van der Waals surface area (Å²) in [4.78, 5) is 12.3. The van der Waals surface area contributed by atoms with E-state index in [2.05, 4.69) is 20.8 Å². The van der Waals surface area contributed by atoms with Crippen molar-refractivity contribution in [2.45, 2.75) is 6.17 Å². The molecular formula is C17H13FN4O. The summed E-state index contributed by atoms with van der Waals surface area (Å²) >= 11 is 0. The second-order valence-corrected chi connectivity index (χ2v) is 5.30. The van der Waals surface area contributed by atoms with Gasteiger partial charge in [-0.15, -0.1) is 0 Å². The topological polar surface area (TPSA) is 69.8 Å². The molecule has 1 aliphatic heterocycles. The maximum Gasteiger partial charge on any atom is 0.255 e. The third kappa shape index (κ3) is 2.34. The zero-order valence-electron chi connectivity index (χ0n) is 12.0. The van der Waals surface area contributed by atoms with Crippen LogP contribution in [0.5, 0.6) is 0 Å². The highest BCUT2D eigenvalue weighted by atomic mass is 19.1. The summed E-state index contributed by atoms with van der Waals surface area (Å²) in [5, 5.41) is 13.2. The largest absolute Gasteiger partial charge is 0.361 e. The van der Waals surface area contributed by atoms with Crippen LogP contribution in [0.2, 0.25) is 0 Å². The van der Waals surface area contributed by atoms with E-state index in [1.807, 2.05) is 18.2 Å². The number of carbonyl (C=O) groups is 1. The number of fused-ring (bicyclic) bond motifs is 1. The molecule has 6 heteroatoms. The molecule has 23 heavy (non-hydrogen) atoms. The van der Waals surface area contributed by atoms with Crippen molar-refractivity contribution < 1.29 is 9.18 Å². The molecule has 4 rings (SSSR count). The van der Waals surface area contributed by atoms with Crippen LogP contribution in [0.3, 0.4) is 0 Å². The minimum atomic E-state index is -0.406. The summed E-state index contributed by atoms with van der Waals surface area (Å²) in [5.74, 6) is -0.441. The maximum atomic E-state index is 13.1. The first kappa shape index (κ1) is 13.5. The van der Waals surface area contributed by atoms with Crippen molar-refractivity contribution in [2.24, 2.45) is 0 Å². The minimum Gasteiger partial charge on any atom is -0.361 e. The van der Waals surface area contributed by atoms with Crippen LogP contribution in [0, 0.1) is 5.82 Å². The van der Waals surface area contributed by atoms with Crippen molar-refractivity contribution in [3.05, 3.63) is 71.7 Å². The Morgan fingerprint density at radius 1 is 1.00 bits per heavy atom. The van der Waals surface area contributed by atoms with E-state index in [0.717, 1.165) is 22.5 Å². The van der Waals surface area contributed by atoms with E-state index in [1.165, 1.54) is 12.1 Å². The van der Waals surface area contributed by atoms with Crippen molar-refractivity contribution in [3.63, 3.8) is 0 Å². The Bertz CT molecular complexity index is 872. The van der Waals surface area contributed by atoms with E-state index >= 15 is 0 Å². The Morgan fingerprint density at radius 3 is 2.61 bits per heavy atom. The lowest BCUT2D eigenvalue weighted by molar-refractivity contribution is 0.0936. The highest BCUT2D eigenvalue weighted by Crippen LogP contribution is 2.31. The van der Waals surface area contributed by atoms with Gasteiger partial charge < -0.3 is 10.6 Å². The summed E-state index contributed by atoms with van der Waals surface area (Å²) in [5.41, 5.74) is 3.71. The lowest BCUT2D eigenvalue weighted by atomic mass is 10.0. The molecule has 0 spiro atoms. The van der Waals surface area contributed by atoms with Crippen LogP contribution >= 0.6 is 0 Å². The van der Waals surface area contributed by atoms with Gasteiger partial charge in [0.25, 0.3) is 5.91 Å². The molecule has 0 radical (unpaired) electrons.